The summed E-state index contributed by atoms with van der Waals surface area (Å²) in [7, 11) is -4.00. The van der Waals surface area contributed by atoms with Gasteiger partial charge >= 0.3 is 6.18 Å². The molecule has 0 saturated heterocycles. The fourth-order valence-corrected chi connectivity index (χ4v) is 3.93. The van der Waals surface area contributed by atoms with E-state index in [1.165, 1.54) is 18.3 Å². The molecule has 2 N–H and O–H groups in total. The zero-order chi connectivity index (χ0) is 24.2. The predicted molar refractivity (Wildman–Crippen MR) is 110 cm³/mol. The number of benzene rings is 1. The number of pyridine rings is 2. The van der Waals surface area contributed by atoms with Gasteiger partial charge in [-0.3, -0.25) is 14.8 Å². The van der Waals surface area contributed by atoms with Crippen LogP contribution in [0.5, 0.6) is 0 Å². The molecule has 7 nitrogen and oxygen atoms in total. The highest BCUT2D eigenvalue weighted by Crippen LogP contribution is 2.30. The SMILES string of the molecule is O=C(NCc1ncccc1C(F)(F)F)c1ccc(CNS(=O)(=O)c2ccc(F)c(Cl)c2)nc1. The minimum absolute atomic E-state index is 0.0522. The number of rotatable bonds is 7. The molecule has 2 aromatic heterocycles. The van der Waals surface area contributed by atoms with Crippen LogP contribution in [-0.4, -0.2) is 24.3 Å². The van der Waals surface area contributed by atoms with Crippen molar-refractivity contribution >= 4 is 27.5 Å². The van der Waals surface area contributed by atoms with Crippen molar-refractivity contribution in [1.29, 1.82) is 0 Å². The molecule has 0 unspecified atom stereocenters. The maximum atomic E-state index is 13.2. The first-order valence-corrected chi connectivity index (χ1v) is 11.0. The van der Waals surface area contributed by atoms with Crippen molar-refractivity contribution in [2.75, 3.05) is 0 Å². The largest absolute Gasteiger partial charge is 0.418 e. The number of aromatic nitrogens is 2. The molecule has 2 heterocycles. The zero-order valence-corrected chi connectivity index (χ0v) is 18.1. The Bertz CT molecular complexity index is 1270. The monoisotopic (exact) mass is 502 g/mol. The van der Waals surface area contributed by atoms with Crippen molar-refractivity contribution in [3.63, 3.8) is 0 Å². The van der Waals surface area contributed by atoms with E-state index >= 15 is 0 Å². The molecule has 1 amide bonds. The average molecular weight is 503 g/mol. The summed E-state index contributed by atoms with van der Waals surface area (Å²) in [5.41, 5.74) is -0.976. The van der Waals surface area contributed by atoms with Crippen molar-refractivity contribution in [2.45, 2.75) is 24.2 Å². The van der Waals surface area contributed by atoms with E-state index in [1.807, 2.05) is 0 Å². The smallest absolute Gasteiger partial charge is 0.346 e. The van der Waals surface area contributed by atoms with Gasteiger partial charge in [-0.2, -0.15) is 13.2 Å². The third-order valence-corrected chi connectivity index (χ3v) is 6.03. The van der Waals surface area contributed by atoms with Crippen LogP contribution in [0.25, 0.3) is 0 Å². The van der Waals surface area contributed by atoms with E-state index < -0.39 is 40.0 Å². The highest BCUT2D eigenvalue weighted by atomic mass is 35.5. The molecule has 33 heavy (non-hydrogen) atoms. The van der Waals surface area contributed by atoms with E-state index in [-0.39, 0.29) is 33.4 Å². The summed E-state index contributed by atoms with van der Waals surface area (Å²) < 4.78 is 79.1. The van der Waals surface area contributed by atoms with Crippen LogP contribution in [0.15, 0.2) is 59.8 Å². The Kier molecular flexibility index (Phi) is 7.30. The third kappa shape index (κ3) is 6.24. The Morgan fingerprint density at radius 1 is 1.06 bits per heavy atom. The van der Waals surface area contributed by atoms with E-state index in [9.17, 15) is 30.8 Å². The molecule has 174 valence electrons. The molecule has 0 aliphatic heterocycles. The Balaban J connectivity index is 1.61. The standard InChI is InChI=1S/C20H15ClF4N4O3S/c21-16-8-14(5-6-17(16)22)33(31,32)29-10-13-4-3-12(9-27-13)19(30)28-11-18-15(20(23,24)25)2-1-7-26-18/h1-9,29H,10-11H2,(H,28,30). The Morgan fingerprint density at radius 2 is 1.82 bits per heavy atom. The summed E-state index contributed by atoms with van der Waals surface area (Å²) in [6.45, 7) is -0.682. The van der Waals surface area contributed by atoms with Crippen LogP contribution in [0, 0.1) is 5.82 Å². The highest BCUT2D eigenvalue weighted by Gasteiger charge is 2.33. The quantitative estimate of drug-likeness (QED) is 0.480. The molecule has 1 aromatic carbocycles. The van der Waals surface area contributed by atoms with Crippen LogP contribution in [0.1, 0.15) is 27.3 Å². The number of alkyl halides is 3. The molecule has 3 aromatic rings. The number of hydrogen-bond donors (Lipinski definition) is 2. The lowest BCUT2D eigenvalue weighted by atomic mass is 10.1. The molecule has 0 atom stereocenters. The van der Waals surface area contributed by atoms with Gasteiger partial charge in [-0.1, -0.05) is 11.6 Å². The van der Waals surface area contributed by atoms with Crippen LogP contribution >= 0.6 is 11.6 Å². The summed E-state index contributed by atoms with van der Waals surface area (Å²) in [5.74, 6) is -1.45. The number of amides is 1. The van der Waals surface area contributed by atoms with Crippen molar-refractivity contribution < 1.29 is 30.8 Å². The number of nitrogens with one attached hydrogen (secondary N) is 2. The molecule has 13 heteroatoms. The minimum atomic E-state index is -4.61. The summed E-state index contributed by atoms with van der Waals surface area (Å²) in [5, 5.41) is 1.99. The van der Waals surface area contributed by atoms with E-state index in [2.05, 4.69) is 20.0 Å². The second-order valence-corrected chi connectivity index (χ2v) is 8.79. The van der Waals surface area contributed by atoms with E-state index in [1.54, 1.807) is 0 Å². The van der Waals surface area contributed by atoms with E-state index in [4.69, 9.17) is 11.6 Å². The predicted octanol–water partition coefficient (Wildman–Crippen LogP) is 3.70. The molecule has 0 spiro atoms. The van der Waals surface area contributed by atoms with Gasteiger partial charge in [0.1, 0.15) is 5.82 Å². The molecule has 0 aliphatic carbocycles. The zero-order valence-electron chi connectivity index (χ0n) is 16.5. The fraction of sp³-hybridized carbons (Fsp3) is 0.150. The van der Waals surface area contributed by atoms with Crippen LogP contribution in [0.4, 0.5) is 17.6 Å². The molecular formula is C20H15ClF4N4O3S. The van der Waals surface area contributed by atoms with Gasteiger partial charge in [0.2, 0.25) is 10.0 Å². The second kappa shape index (κ2) is 9.81. The Hall–Kier alpha value is -3.09. The first-order chi connectivity index (χ1) is 15.5. The lowest BCUT2D eigenvalue weighted by Crippen LogP contribution is -2.26. The number of hydrogen-bond acceptors (Lipinski definition) is 5. The molecular weight excluding hydrogens is 488 g/mol. The summed E-state index contributed by atoms with van der Waals surface area (Å²) in [6.07, 6.45) is -2.27. The lowest BCUT2D eigenvalue weighted by Gasteiger charge is -2.12. The van der Waals surface area contributed by atoms with Gasteiger partial charge in [-0.25, -0.2) is 17.5 Å². The number of carbonyl (C=O) groups is 1. The van der Waals surface area contributed by atoms with Crippen molar-refractivity contribution in [2.24, 2.45) is 0 Å². The van der Waals surface area contributed by atoms with Gasteiger partial charge in [0.25, 0.3) is 5.91 Å². The fourth-order valence-electron chi connectivity index (χ4n) is 2.66. The Labute approximate surface area is 190 Å². The van der Waals surface area contributed by atoms with Gasteiger partial charge in [0.15, 0.2) is 0 Å². The molecule has 3 rings (SSSR count). The second-order valence-electron chi connectivity index (χ2n) is 6.62. The first-order valence-electron chi connectivity index (χ1n) is 9.16. The van der Waals surface area contributed by atoms with E-state index in [0.717, 1.165) is 36.5 Å². The molecule has 0 fully saturated rings. The first kappa shape index (κ1) is 24.6. The summed E-state index contributed by atoms with van der Waals surface area (Å²) in [6, 6.07) is 7.66. The maximum absolute atomic E-state index is 13.2. The van der Waals surface area contributed by atoms with Crippen LogP contribution in [0.2, 0.25) is 5.02 Å². The van der Waals surface area contributed by atoms with Crippen molar-refractivity contribution in [1.82, 2.24) is 20.0 Å². The lowest BCUT2D eigenvalue weighted by molar-refractivity contribution is -0.138. The average Bonchev–Trinajstić information content (AvgIpc) is 2.78. The summed E-state index contributed by atoms with van der Waals surface area (Å²) >= 11 is 5.60. The third-order valence-electron chi connectivity index (χ3n) is 4.34. The van der Waals surface area contributed by atoms with Gasteiger partial charge in [-0.15, -0.1) is 0 Å². The highest BCUT2D eigenvalue weighted by molar-refractivity contribution is 7.89. The number of carbonyl (C=O) groups excluding carboxylic acids is 1. The van der Waals surface area contributed by atoms with Crippen LogP contribution < -0.4 is 10.0 Å². The topological polar surface area (TPSA) is 101 Å². The molecule has 0 radical (unpaired) electrons. The molecule has 0 saturated carbocycles. The van der Waals surface area contributed by atoms with Crippen molar-refractivity contribution in [3.8, 4) is 0 Å². The van der Waals surface area contributed by atoms with E-state index in [0.29, 0.717) is 0 Å². The molecule has 0 bridgehead atoms. The van der Waals surface area contributed by atoms with Gasteiger partial charge < -0.3 is 5.32 Å². The number of nitrogens with zero attached hydrogens (tertiary/aromatic N) is 2. The number of sulfonamides is 1. The Morgan fingerprint density at radius 3 is 2.45 bits per heavy atom. The summed E-state index contributed by atoms with van der Waals surface area (Å²) in [4.78, 5) is 19.6. The van der Waals surface area contributed by atoms with Gasteiger partial charge in [0.05, 0.1) is 45.5 Å². The van der Waals surface area contributed by atoms with Gasteiger partial charge in [0, 0.05) is 12.4 Å². The normalized spacial score (nSPS) is 11.9. The maximum Gasteiger partial charge on any atom is 0.418 e. The molecule has 0 aliphatic rings. The number of halogens is 5. The minimum Gasteiger partial charge on any atom is -0.346 e. The van der Waals surface area contributed by atoms with Crippen molar-refractivity contribution in [3.05, 3.63) is 88.2 Å². The van der Waals surface area contributed by atoms with Gasteiger partial charge in [-0.05, 0) is 42.5 Å². The van der Waals surface area contributed by atoms with Crippen LogP contribution in [-0.2, 0) is 29.3 Å². The van der Waals surface area contributed by atoms with Crippen LogP contribution in [0.3, 0.4) is 0 Å².